The SMILES string of the molecule is O=C(Cc1cccc(Cl)c1Cl)Nc1ccc(S(=O)(=O)N[C@H]2CCOC2=O)cc1. The Labute approximate surface area is 172 Å². The van der Waals surface area contributed by atoms with Crippen molar-refractivity contribution in [1.82, 2.24) is 4.72 Å². The van der Waals surface area contributed by atoms with E-state index in [2.05, 4.69) is 10.0 Å². The van der Waals surface area contributed by atoms with Gasteiger partial charge < -0.3 is 10.1 Å². The molecular weight excluding hydrogens is 427 g/mol. The van der Waals surface area contributed by atoms with Gasteiger partial charge in [-0.3, -0.25) is 9.59 Å². The molecule has 3 rings (SSSR count). The Morgan fingerprint density at radius 3 is 2.50 bits per heavy atom. The first-order valence-electron chi connectivity index (χ1n) is 8.28. The highest BCUT2D eigenvalue weighted by atomic mass is 35.5. The molecule has 0 aliphatic carbocycles. The van der Waals surface area contributed by atoms with Crippen LogP contribution in [0.4, 0.5) is 5.69 Å². The molecular formula is C18H16Cl2N2O5S. The van der Waals surface area contributed by atoms with Crippen molar-refractivity contribution in [3.8, 4) is 0 Å². The number of anilines is 1. The summed E-state index contributed by atoms with van der Waals surface area (Å²) >= 11 is 12.0. The second kappa shape index (κ2) is 8.48. The van der Waals surface area contributed by atoms with Gasteiger partial charge in [-0.2, -0.15) is 4.72 Å². The van der Waals surface area contributed by atoms with Crippen molar-refractivity contribution in [2.45, 2.75) is 23.8 Å². The van der Waals surface area contributed by atoms with E-state index in [-0.39, 0.29) is 30.3 Å². The highest BCUT2D eigenvalue weighted by Crippen LogP contribution is 2.26. The summed E-state index contributed by atoms with van der Waals surface area (Å²) in [5.41, 5.74) is 1.00. The highest BCUT2D eigenvalue weighted by molar-refractivity contribution is 7.89. The summed E-state index contributed by atoms with van der Waals surface area (Å²) in [6.45, 7) is 0.188. The van der Waals surface area contributed by atoms with Crippen LogP contribution in [0.15, 0.2) is 47.4 Å². The Hall–Kier alpha value is -2.13. The number of esters is 1. The lowest BCUT2D eigenvalue weighted by Gasteiger charge is -2.11. The summed E-state index contributed by atoms with van der Waals surface area (Å²) in [5, 5.41) is 3.34. The molecule has 2 N–H and O–H groups in total. The van der Waals surface area contributed by atoms with E-state index in [0.717, 1.165) is 0 Å². The normalized spacial score (nSPS) is 16.6. The Kier molecular flexibility index (Phi) is 6.24. The third-order valence-corrected chi connectivity index (χ3v) is 6.41. The zero-order valence-corrected chi connectivity index (χ0v) is 16.8. The fraction of sp³-hybridized carbons (Fsp3) is 0.222. The molecule has 0 unspecified atom stereocenters. The Morgan fingerprint density at radius 2 is 1.86 bits per heavy atom. The minimum Gasteiger partial charge on any atom is -0.464 e. The van der Waals surface area contributed by atoms with Crippen LogP contribution in [-0.4, -0.2) is 32.9 Å². The van der Waals surface area contributed by atoms with E-state index in [4.69, 9.17) is 27.9 Å². The molecule has 0 aromatic heterocycles. The molecule has 2 aromatic rings. The first kappa shape index (κ1) is 20.6. The van der Waals surface area contributed by atoms with Gasteiger partial charge in [0.2, 0.25) is 15.9 Å². The predicted octanol–water partition coefficient (Wildman–Crippen LogP) is 2.77. The van der Waals surface area contributed by atoms with Crippen LogP contribution in [0.2, 0.25) is 10.0 Å². The molecule has 2 aromatic carbocycles. The molecule has 7 nitrogen and oxygen atoms in total. The van der Waals surface area contributed by atoms with Gasteiger partial charge in [-0.05, 0) is 35.9 Å². The van der Waals surface area contributed by atoms with Gasteiger partial charge in [-0.25, -0.2) is 8.42 Å². The van der Waals surface area contributed by atoms with Gasteiger partial charge in [0.15, 0.2) is 0 Å². The zero-order chi connectivity index (χ0) is 20.3. The molecule has 1 saturated heterocycles. The summed E-state index contributed by atoms with van der Waals surface area (Å²) in [6.07, 6.45) is 0.309. The van der Waals surface area contributed by atoms with Gasteiger partial charge >= 0.3 is 5.97 Å². The van der Waals surface area contributed by atoms with Crippen LogP contribution in [-0.2, 0) is 30.8 Å². The number of hydrogen-bond acceptors (Lipinski definition) is 5. The number of cyclic esters (lactones) is 1. The number of carbonyl (C=O) groups excluding carboxylic acids is 2. The molecule has 0 radical (unpaired) electrons. The molecule has 0 saturated carbocycles. The number of hydrogen-bond donors (Lipinski definition) is 2. The van der Waals surface area contributed by atoms with Crippen molar-refractivity contribution >= 4 is 50.8 Å². The first-order valence-corrected chi connectivity index (χ1v) is 10.5. The van der Waals surface area contributed by atoms with Gasteiger partial charge in [0.25, 0.3) is 0 Å². The molecule has 1 aliphatic heterocycles. The lowest BCUT2D eigenvalue weighted by atomic mass is 10.1. The first-order chi connectivity index (χ1) is 13.3. The molecule has 1 atom stereocenters. The molecule has 1 aliphatic rings. The van der Waals surface area contributed by atoms with Crippen LogP contribution in [0.1, 0.15) is 12.0 Å². The van der Waals surface area contributed by atoms with Crippen LogP contribution in [0, 0.1) is 0 Å². The van der Waals surface area contributed by atoms with Crippen LogP contribution in [0.5, 0.6) is 0 Å². The minimum atomic E-state index is -3.88. The average Bonchev–Trinajstić information content (AvgIpc) is 3.03. The fourth-order valence-electron chi connectivity index (χ4n) is 2.64. The lowest BCUT2D eigenvalue weighted by Crippen LogP contribution is -2.37. The maximum absolute atomic E-state index is 12.3. The van der Waals surface area contributed by atoms with E-state index >= 15 is 0 Å². The smallest absolute Gasteiger partial charge is 0.324 e. The second-order valence-electron chi connectivity index (χ2n) is 6.09. The van der Waals surface area contributed by atoms with Crippen LogP contribution in [0.3, 0.4) is 0 Å². The van der Waals surface area contributed by atoms with E-state index in [1.54, 1.807) is 18.2 Å². The number of halogens is 2. The number of sulfonamides is 1. The molecule has 28 heavy (non-hydrogen) atoms. The number of nitrogens with one attached hydrogen (secondary N) is 2. The highest BCUT2D eigenvalue weighted by Gasteiger charge is 2.31. The Balaban J connectivity index is 1.64. The van der Waals surface area contributed by atoms with Crippen molar-refractivity contribution < 1.29 is 22.7 Å². The topological polar surface area (TPSA) is 102 Å². The summed E-state index contributed by atoms with van der Waals surface area (Å²) in [6, 6.07) is 9.73. The van der Waals surface area contributed by atoms with Crippen LogP contribution < -0.4 is 10.0 Å². The fourth-order valence-corrected chi connectivity index (χ4v) is 4.24. The average molecular weight is 443 g/mol. The van der Waals surface area contributed by atoms with Crippen LogP contribution in [0.25, 0.3) is 0 Å². The van der Waals surface area contributed by atoms with Gasteiger partial charge in [0.05, 0.1) is 28.0 Å². The molecule has 10 heteroatoms. The lowest BCUT2D eigenvalue weighted by molar-refractivity contribution is -0.139. The number of ether oxygens (including phenoxy) is 1. The van der Waals surface area contributed by atoms with E-state index in [9.17, 15) is 18.0 Å². The van der Waals surface area contributed by atoms with E-state index < -0.39 is 22.0 Å². The number of benzene rings is 2. The van der Waals surface area contributed by atoms with Gasteiger partial charge in [-0.15, -0.1) is 0 Å². The number of carbonyl (C=O) groups is 2. The molecule has 0 spiro atoms. The third kappa shape index (κ3) is 4.82. The van der Waals surface area contributed by atoms with E-state index in [1.807, 2.05) is 0 Å². The van der Waals surface area contributed by atoms with Crippen molar-refractivity contribution in [2.75, 3.05) is 11.9 Å². The molecule has 1 fully saturated rings. The minimum absolute atomic E-state index is 0.0186. The van der Waals surface area contributed by atoms with Crippen LogP contribution >= 0.6 is 23.2 Å². The molecule has 0 bridgehead atoms. The molecule has 148 valence electrons. The summed E-state index contributed by atoms with van der Waals surface area (Å²) < 4.78 is 31.7. The quantitative estimate of drug-likeness (QED) is 0.669. The van der Waals surface area contributed by atoms with Crippen molar-refractivity contribution in [2.24, 2.45) is 0 Å². The zero-order valence-electron chi connectivity index (χ0n) is 14.4. The monoisotopic (exact) mass is 442 g/mol. The maximum atomic E-state index is 12.3. The second-order valence-corrected chi connectivity index (χ2v) is 8.59. The Morgan fingerprint density at radius 1 is 1.14 bits per heavy atom. The van der Waals surface area contributed by atoms with Gasteiger partial charge in [0.1, 0.15) is 6.04 Å². The number of amides is 1. The standard InChI is InChI=1S/C18H16Cl2N2O5S/c19-14-3-1-2-11(17(14)20)10-16(23)21-12-4-6-13(7-5-12)28(25,26)22-15-8-9-27-18(15)24/h1-7,15,22H,8-10H2,(H,21,23)/t15-/m0/s1. The molecule has 1 amide bonds. The van der Waals surface area contributed by atoms with Gasteiger partial charge in [0, 0.05) is 12.1 Å². The predicted molar refractivity (Wildman–Crippen MR) is 105 cm³/mol. The summed E-state index contributed by atoms with van der Waals surface area (Å²) in [4.78, 5) is 23.6. The van der Waals surface area contributed by atoms with E-state index in [1.165, 1.54) is 24.3 Å². The summed E-state index contributed by atoms with van der Waals surface area (Å²) in [7, 11) is -3.88. The Bertz CT molecular complexity index is 1010. The third-order valence-electron chi connectivity index (χ3n) is 4.06. The van der Waals surface area contributed by atoms with E-state index in [0.29, 0.717) is 21.3 Å². The number of rotatable bonds is 6. The van der Waals surface area contributed by atoms with Crippen molar-refractivity contribution in [1.29, 1.82) is 0 Å². The van der Waals surface area contributed by atoms with Gasteiger partial charge in [-0.1, -0.05) is 35.3 Å². The largest absolute Gasteiger partial charge is 0.464 e. The maximum Gasteiger partial charge on any atom is 0.324 e. The summed E-state index contributed by atoms with van der Waals surface area (Å²) in [5.74, 6) is -0.918. The molecule has 1 heterocycles. The van der Waals surface area contributed by atoms with Crippen molar-refractivity contribution in [3.63, 3.8) is 0 Å². The van der Waals surface area contributed by atoms with Crippen molar-refractivity contribution in [3.05, 3.63) is 58.1 Å².